The van der Waals surface area contributed by atoms with Crippen LogP contribution in [-0.4, -0.2) is 23.8 Å². The van der Waals surface area contributed by atoms with Crippen LogP contribution >= 0.6 is 0 Å². The highest BCUT2D eigenvalue weighted by Crippen LogP contribution is 2.30. The number of nitrogens with zero attached hydrogens (tertiary/aromatic N) is 1. The normalized spacial score (nSPS) is 14.7. The van der Waals surface area contributed by atoms with Gasteiger partial charge in [-0.3, -0.25) is 14.5 Å². The minimum absolute atomic E-state index is 0.205. The van der Waals surface area contributed by atoms with E-state index < -0.39 is 17.6 Å². The second-order valence-electron chi connectivity index (χ2n) is 6.33. The van der Waals surface area contributed by atoms with Crippen molar-refractivity contribution >= 4 is 23.1 Å². The SMILES string of the molecule is CC(C)c1ccc(NC2=C(c3ccc(F)cc3)C(=O)N(C)C2=O)cc1. The van der Waals surface area contributed by atoms with Crippen LogP contribution in [0.2, 0.25) is 0 Å². The van der Waals surface area contributed by atoms with E-state index in [0.29, 0.717) is 11.5 Å². The number of hydrogen-bond donors (Lipinski definition) is 1. The molecule has 4 nitrogen and oxygen atoms in total. The van der Waals surface area contributed by atoms with Crippen molar-refractivity contribution in [3.63, 3.8) is 0 Å². The quantitative estimate of drug-likeness (QED) is 0.864. The van der Waals surface area contributed by atoms with Gasteiger partial charge in [0.1, 0.15) is 11.5 Å². The largest absolute Gasteiger partial charge is 0.350 e. The van der Waals surface area contributed by atoms with E-state index in [-0.39, 0.29) is 11.3 Å². The summed E-state index contributed by atoms with van der Waals surface area (Å²) < 4.78 is 13.2. The van der Waals surface area contributed by atoms with E-state index in [1.54, 1.807) is 0 Å². The van der Waals surface area contributed by atoms with Gasteiger partial charge in [-0.05, 0) is 41.3 Å². The number of carbonyl (C=O) groups is 2. The van der Waals surface area contributed by atoms with Gasteiger partial charge in [0.25, 0.3) is 11.8 Å². The summed E-state index contributed by atoms with van der Waals surface area (Å²) in [5, 5.41) is 3.05. The summed E-state index contributed by atoms with van der Waals surface area (Å²) in [4.78, 5) is 26.0. The third kappa shape index (κ3) is 3.18. The van der Waals surface area contributed by atoms with Crippen LogP contribution < -0.4 is 5.32 Å². The topological polar surface area (TPSA) is 49.4 Å². The molecule has 1 aliphatic heterocycles. The van der Waals surface area contributed by atoms with Crippen LogP contribution in [0, 0.1) is 5.82 Å². The van der Waals surface area contributed by atoms with Gasteiger partial charge < -0.3 is 5.32 Å². The molecule has 0 saturated heterocycles. The summed E-state index contributed by atoms with van der Waals surface area (Å²) in [6.07, 6.45) is 0. The Labute approximate surface area is 146 Å². The third-order valence-corrected chi connectivity index (χ3v) is 4.27. The zero-order valence-electron chi connectivity index (χ0n) is 14.3. The Morgan fingerprint density at radius 3 is 2.08 bits per heavy atom. The van der Waals surface area contributed by atoms with E-state index in [9.17, 15) is 14.0 Å². The Morgan fingerprint density at radius 2 is 1.52 bits per heavy atom. The fourth-order valence-electron chi connectivity index (χ4n) is 2.74. The fraction of sp³-hybridized carbons (Fsp3) is 0.200. The number of hydrogen-bond acceptors (Lipinski definition) is 3. The molecule has 1 heterocycles. The molecule has 0 aliphatic carbocycles. The highest BCUT2D eigenvalue weighted by Gasteiger charge is 2.36. The molecule has 0 bridgehead atoms. The molecule has 128 valence electrons. The van der Waals surface area contributed by atoms with E-state index in [2.05, 4.69) is 19.2 Å². The molecule has 0 fully saturated rings. The molecule has 2 amide bonds. The molecule has 0 unspecified atom stereocenters. The van der Waals surface area contributed by atoms with Crippen molar-refractivity contribution in [3.05, 3.63) is 71.2 Å². The second-order valence-corrected chi connectivity index (χ2v) is 6.33. The number of anilines is 1. The average Bonchev–Trinajstić information content (AvgIpc) is 2.80. The predicted molar refractivity (Wildman–Crippen MR) is 95.3 cm³/mol. The summed E-state index contributed by atoms with van der Waals surface area (Å²) in [7, 11) is 1.44. The Balaban J connectivity index is 2.00. The van der Waals surface area contributed by atoms with Crippen LogP contribution in [0.15, 0.2) is 54.2 Å². The molecular weight excluding hydrogens is 319 g/mol. The number of amides is 2. The van der Waals surface area contributed by atoms with Gasteiger partial charge in [0, 0.05) is 12.7 Å². The van der Waals surface area contributed by atoms with Gasteiger partial charge in [0.15, 0.2) is 0 Å². The summed E-state index contributed by atoms with van der Waals surface area (Å²) >= 11 is 0. The van der Waals surface area contributed by atoms with Crippen molar-refractivity contribution in [2.75, 3.05) is 12.4 Å². The Kier molecular flexibility index (Phi) is 4.40. The first kappa shape index (κ1) is 16.9. The third-order valence-electron chi connectivity index (χ3n) is 4.27. The molecule has 0 aromatic heterocycles. The number of imide groups is 1. The molecule has 3 rings (SSSR count). The van der Waals surface area contributed by atoms with Crippen molar-refractivity contribution in [1.29, 1.82) is 0 Å². The average molecular weight is 338 g/mol. The maximum absolute atomic E-state index is 13.2. The van der Waals surface area contributed by atoms with Crippen LogP contribution in [0.1, 0.15) is 30.9 Å². The smallest absolute Gasteiger partial charge is 0.277 e. The van der Waals surface area contributed by atoms with E-state index >= 15 is 0 Å². The van der Waals surface area contributed by atoms with E-state index in [0.717, 1.165) is 10.6 Å². The molecule has 0 atom stereocenters. The fourth-order valence-corrected chi connectivity index (χ4v) is 2.74. The van der Waals surface area contributed by atoms with Crippen LogP contribution in [0.3, 0.4) is 0 Å². The van der Waals surface area contributed by atoms with Gasteiger partial charge >= 0.3 is 0 Å². The monoisotopic (exact) mass is 338 g/mol. The molecule has 0 radical (unpaired) electrons. The summed E-state index contributed by atoms with van der Waals surface area (Å²) in [5.74, 6) is -0.799. The van der Waals surface area contributed by atoms with Crippen molar-refractivity contribution in [1.82, 2.24) is 4.90 Å². The Bertz CT molecular complexity index is 852. The van der Waals surface area contributed by atoms with Crippen LogP contribution in [0.4, 0.5) is 10.1 Å². The molecule has 1 N–H and O–H groups in total. The maximum atomic E-state index is 13.2. The summed E-state index contributed by atoms with van der Waals surface area (Å²) in [5.41, 5.74) is 2.86. The minimum atomic E-state index is -0.405. The molecule has 5 heteroatoms. The molecule has 2 aromatic rings. The number of nitrogens with one attached hydrogen (secondary N) is 1. The lowest BCUT2D eigenvalue weighted by Crippen LogP contribution is -2.27. The van der Waals surface area contributed by atoms with Crippen molar-refractivity contribution in [2.24, 2.45) is 0 Å². The number of benzene rings is 2. The molecule has 1 aliphatic rings. The summed E-state index contributed by atoms with van der Waals surface area (Å²) in [6.45, 7) is 4.21. The first-order valence-corrected chi connectivity index (χ1v) is 8.08. The molecular formula is C20H19FN2O2. The van der Waals surface area contributed by atoms with Gasteiger partial charge in [-0.25, -0.2) is 4.39 Å². The van der Waals surface area contributed by atoms with Crippen molar-refractivity contribution < 1.29 is 14.0 Å². The van der Waals surface area contributed by atoms with Crippen LogP contribution in [0.5, 0.6) is 0 Å². The standard InChI is InChI=1S/C20H19FN2O2/c1-12(2)13-6-10-16(11-7-13)22-18-17(19(24)23(3)20(18)25)14-4-8-15(21)9-5-14/h4-12,22H,1-3H3. The maximum Gasteiger partial charge on any atom is 0.277 e. The summed E-state index contributed by atoms with van der Waals surface area (Å²) in [6, 6.07) is 13.3. The first-order chi connectivity index (χ1) is 11.9. The number of rotatable bonds is 4. The lowest BCUT2D eigenvalue weighted by Gasteiger charge is -2.11. The van der Waals surface area contributed by atoms with E-state index in [1.807, 2.05) is 24.3 Å². The Hall–Kier alpha value is -2.95. The zero-order chi connectivity index (χ0) is 18.1. The van der Waals surface area contributed by atoms with Gasteiger partial charge in [-0.1, -0.05) is 38.1 Å². The van der Waals surface area contributed by atoms with Gasteiger partial charge in [0.2, 0.25) is 0 Å². The highest BCUT2D eigenvalue weighted by molar-refractivity contribution is 6.36. The van der Waals surface area contributed by atoms with E-state index in [4.69, 9.17) is 0 Å². The van der Waals surface area contributed by atoms with Gasteiger partial charge in [-0.15, -0.1) is 0 Å². The second kappa shape index (κ2) is 6.51. The van der Waals surface area contributed by atoms with Gasteiger partial charge in [0.05, 0.1) is 5.57 Å². The minimum Gasteiger partial charge on any atom is -0.350 e. The van der Waals surface area contributed by atoms with Crippen molar-refractivity contribution in [3.8, 4) is 0 Å². The first-order valence-electron chi connectivity index (χ1n) is 8.08. The lowest BCUT2D eigenvalue weighted by atomic mass is 10.0. The molecule has 0 saturated carbocycles. The number of likely N-dealkylation sites (N-methyl/N-ethyl adjacent to an activating group) is 1. The molecule has 2 aromatic carbocycles. The van der Waals surface area contributed by atoms with Gasteiger partial charge in [-0.2, -0.15) is 0 Å². The zero-order valence-corrected chi connectivity index (χ0v) is 14.3. The molecule has 0 spiro atoms. The highest BCUT2D eigenvalue weighted by atomic mass is 19.1. The molecule has 25 heavy (non-hydrogen) atoms. The predicted octanol–water partition coefficient (Wildman–Crippen LogP) is 3.77. The number of carbonyl (C=O) groups excluding carboxylic acids is 2. The Morgan fingerprint density at radius 1 is 0.920 bits per heavy atom. The van der Waals surface area contributed by atoms with Crippen molar-refractivity contribution in [2.45, 2.75) is 19.8 Å². The van der Waals surface area contributed by atoms with E-state index in [1.165, 1.54) is 36.9 Å². The van der Waals surface area contributed by atoms with Crippen LogP contribution in [-0.2, 0) is 9.59 Å². The number of halogens is 1. The lowest BCUT2D eigenvalue weighted by molar-refractivity contribution is -0.135. The van der Waals surface area contributed by atoms with Crippen LogP contribution in [0.25, 0.3) is 5.57 Å².